The van der Waals surface area contributed by atoms with E-state index >= 15 is 0 Å². The van der Waals surface area contributed by atoms with Crippen LogP contribution in [0.1, 0.15) is 35.7 Å². The van der Waals surface area contributed by atoms with Crippen molar-refractivity contribution in [3.63, 3.8) is 0 Å². The fourth-order valence-electron chi connectivity index (χ4n) is 3.74. The maximum absolute atomic E-state index is 12.9. The summed E-state index contributed by atoms with van der Waals surface area (Å²) in [4.78, 5) is 32.4. The van der Waals surface area contributed by atoms with Crippen LogP contribution in [-0.4, -0.2) is 46.5 Å². The largest absolute Gasteiger partial charge is 0.289 e. The first-order valence-electron chi connectivity index (χ1n) is 11.3. The van der Waals surface area contributed by atoms with Crippen molar-refractivity contribution in [2.75, 3.05) is 13.1 Å². The minimum absolute atomic E-state index is 0.122. The maximum Gasteiger partial charge on any atom is 0.283 e. The summed E-state index contributed by atoms with van der Waals surface area (Å²) in [5.74, 6) is 0.169. The van der Waals surface area contributed by atoms with E-state index < -0.39 is 14.9 Å². The zero-order chi connectivity index (χ0) is 25.7. The molecule has 186 valence electrons. The number of carbonyl (C=O) groups excluding carboxylic acids is 1. The van der Waals surface area contributed by atoms with E-state index in [9.17, 15) is 23.3 Å². The molecule has 0 atom stereocenters. The number of nitrogens with zero attached hydrogens (tertiary/aromatic N) is 4. The molecule has 2 aromatic carbocycles. The smallest absolute Gasteiger partial charge is 0.283 e. The number of hydrogen-bond acceptors (Lipinski definition) is 8. The number of sulfonamides is 1. The van der Waals surface area contributed by atoms with E-state index in [4.69, 9.17) is 0 Å². The van der Waals surface area contributed by atoms with Crippen molar-refractivity contribution < 1.29 is 18.1 Å². The Kier molecular flexibility index (Phi) is 7.92. The summed E-state index contributed by atoms with van der Waals surface area (Å²) < 4.78 is 27.2. The van der Waals surface area contributed by atoms with Gasteiger partial charge in [-0.2, -0.15) is 4.31 Å². The van der Waals surface area contributed by atoms with Gasteiger partial charge >= 0.3 is 0 Å². The van der Waals surface area contributed by atoms with Crippen LogP contribution in [0.3, 0.4) is 0 Å². The molecule has 1 aromatic heterocycles. The van der Waals surface area contributed by atoms with Crippen LogP contribution in [0, 0.1) is 16.0 Å². The minimum atomic E-state index is -3.59. The van der Waals surface area contributed by atoms with Crippen LogP contribution < -0.4 is 0 Å². The van der Waals surface area contributed by atoms with Crippen LogP contribution in [0.25, 0.3) is 6.08 Å². The van der Waals surface area contributed by atoms with Gasteiger partial charge in [0.15, 0.2) is 10.9 Å². The molecule has 1 aliphatic rings. The monoisotopic (exact) mass is 524 g/mol. The zero-order valence-electron chi connectivity index (χ0n) is 19.5. The van der Waals surface area contributed by atoms with E-state index in [2.05, 4.69) is 16.9 Å². The van der Waals surface area contributed by atoms with Crippen LogP contribution in [-0.2, 0) is 10.0 Å². The molecule has 3 aromatic rings. The summed E-state index contributed by atoms with van der Waals surface area (Å²) in [5, 5.41) is 12.0. The lowest BCUT2D eigenvalue weighted by Crippen LogP contribution is -2.37. The first kappa shape index (κ1) is 25.7. The van der Waals surface area contributed by atoms with Crippen molar-refractivity contribution in [3.05, 3.63) is 88.2 Å². The molecule has 0 spiro atoms. The molecule has 0 aliphatic carbocycles. The van der Waals surface area contributed by atoms with Crippen molar-refractivity contribution in [3.8, 4) is 0 Å². The van der Waals surface area contributed by atoms with E-state index in [-0.39, 0.29) is 16.4 Å². The molecular weight excluding hydrogens is 500 g/mol. The topological polar surface area (TPSA) is 123 Å². The summed E-state index contributed by atoms with van der Waals surface area (Å²) in [6.45, 7) is 3.10. The molecule has 0 amide bonds. The lowest BCUT2D eigenvalue weighted by atomic mass is 10.0. The Morgan fingerprint density at radius 3 is 2.42 bits per heavy atom. The van der Waals surface area contributed by atoms with Gasteiger partial charge in [-0.25, -0.2) is 18.4 Å². The molecule has 36 heavy (non-hydrogen) atoms. The second-order valence-electron chi connectivity index (χ2n) is 8.43. The van der Waals surface area contributed by atoms with Crippen LogP contribution in [0.15, 0.2) is 81.9 Å². The van der Waals surface area contributed by atoms with Crippen molar-refractivity contribution in [2.24, 2.45) is 5.92 Å². The number of nitro benzene ring substituents is 1. The molecule has 1 fully saturated rings. The van der Waals surface area contributed by atoms with Crippen molar-refractivity contribution in [1.82, 2.24) is 14.3 Å². The molecule has 1 aliphatic heterocycles. The fourth-order valence-corrected chi connectivity index (χ4v) is 6.00. The third kappa shape index (κ3) is 6.04. The summed E-state index contributed by atoms with van der Waals surface area (Å²) in [6, 6.07) is 12.1. The number of hydrogen-bond donors (Lipinski definition) is 0. The van der Waals surface area contributed by atoms with E-state index in [0.717, 1.165) is 24.6 Å². The van der Waals surface area contributed by atoms with Crippen LogP contribution in [0.2, 0.25) is 0 Å². The van der Waals surface area contributed by atoms with Crippen LogP contribution in [0.4, 0.5) is 5.69 Å². The third-order valence-electron chi connectivity index (χ3n) is 5.87. The maximum atomic E-state index is 12.9. The second kappa shape index (κ2) is 11.1. The van der Waals surface area contributed by atoms with Gasteiger partial charge in [0.2, 0.25) is 10.0 Å². The molecule has 0 N–H and O–H groups in total. The predicted octanol–water partition coefficient (Wildman–Crippen LogP) is 4.85. The number of rotatable bonds is 8. The molecule has 0 saturated carbocycles. The summed E-state index contributed by atoms with van der Waals surface area (Å²) >= 11 is 1.08. The molecule has 9 nitrogen and oxygen atoms in total. The summed E-state index contributed by atoms with van der Waals surface area (Å²) in [5.41, 5.74) is 0.677. The molecule has 4 rings (SSSR count). The standard InChI is InChI=1S/C25H24N4O5S2/c1-18-11-15-28(16-12-18)36(33,34)21-7-5-20(6-8-21)23(30)9-3-19-4-10-24(22(17-19)29(31)32)35-25-26-13-2-14-27-25/h2-10,13-14,17-18H,11-12,15-16H2,1H3. The lowest BCUT2D eigenvalue weighted by molar-refractivity contribution is -0.387. The van der Waals surface area contributed by atoms with Gasteiger partial charge in [0.1, 0.15) is 0 Å². The van der Waals surface area contributed by atoms with Gasteiger partial charge in [0.05, 0.1) is 14.7 Å². The zero-order valence-corrected chi connectivity index (χ0v) is 21.1. The highest BCUT2D eigenvalue weighted by molar-refractivity contribution is 7.99. The number of ketones is 1. The Labute approximate surface area is 213 Å². The van der Waals surface area contributed by atoms with Crippen molar-refractivity contribution in [1.29, 1.82) is 0 Å². The van der Waals surface area contributed by atoms with Gasteiger partial charge in [-0.05, 0) is 78.6 Å². The highest BCUT2D eigenvalue weighted by Crippen LogP contribution is 2.33. The summed E-state index contributed by atoms with van der Waals surface area (Å²) in [7, 11) is -3.59. The van der Waals surface area contributed by atoms with Gasteiger partial charge in [0.25, 0.3) is 5.69 Å². The molecule has 2 heterocycles. The van der Waals surface area contributed by atoms with Gasteiger partial charge in [-0.1, -0.05) is 19.1 Å². The van der Waals surface area contributed by atoms with Gasteiger partial charge in [0, 0.05) is 37.1 Å². The highest BCUT2D eigenvalue weighted by Gasteiger charge is 2.28. The van der Waals surface area contributed by atoms with Crippen LogP contribution >= 0.6 is 11.8 Å². The Balaban J connectivity index is 1.47. The fraction of sp³-hybridized carbons (Fsp3) is 0.240. The van der Waals surface area contributed by atoms with Crippen molar-refractivity contribution in [2.45, 2.75) is 34.7 Å². The minimum Gasteiger partial charge on any atom is -0.289 e. The Hall–Kier alpha value is -3.41. The lowest BCUT2D eigenvalue weighted by Gasteiger charge is -2.29. The van der Waals surface area contributed by atoms with E-state index in [1.165, 1.54) is 46.8 Å². The number of aromatic nitrogens is 2. The van der Waals surface area contributed by atoms with Gasteiger partial charge in [-0.3, -0.25) is 14.9 Å². The molecule has 0 bridgehead atoms. The van der Waals surface area contributed by atoms with Gasteiger partial charge < -0.3 is 0 Å². The number of benzene rings is 2. The normalized spacial score (nSPS) is 15.2. The first-order chi connectivity index (χ1) is 17.2. The number of carbonyl (C=O) groups is 1. The predicted molar refractivity (Wildman–Crippen MR) is 136 cm³/mol. The van der Waals surface area contributed by atoms with E-state index in [0.29, 0.717) is 40.2 Å². The van der Waals surface area contributed by atoms with E-state index in [1.54, 1.807) is 30.6 Å². The SMILES string of the molecule is CC1CCN(S(=O)(=O)c2ccc(C(=O)C=Cc3ccc(Sc4ncccn4)c([N+](=O)[O-])c3)cc2)CC1. The first-order valence-corrected chi connectivity index (χ1v) is 13.6. The Bertz CT molecular complexity index is 1390. The Morgan fingerprint density at radius 2 is 1.78 bits per heavy atom. The second-order valence-corrected chi connectivity index (χ2v) is 11.4. The average Bonchev–Trinajstić information content (AvgIpc) is 2.88. The quantitative estimate of drug-likeness (QED) is 0.135. The number of piperidine rings is 1. The number of allylic oxidation sites excluding steroid dienone is 1. The summed E-state index contributed by atoms with van der Waals surface area (Å²) in [6.07, 6.45) is 7.57. The van der Waals surface area contributed by atoms with E-state index in [1.807, 2.05) is 0 Å². The average molecular weight is 525 g/mol. The third-order valence-corrected chi connectivity index (χ3v) is 8.74. The molecule has 0 unspecified atom stereocenters. The Morgan fingerprint density at radius 1 is 1.11 bits per heavy atom. The molecule has 1 saturated heterocycles. The highest BCUT2D eigenvalue weighted by atomic mass is 32.2. The molecule has 11 heteroatoms. The number of nitro groups is 1. The van der Waals surface area contributed by atoms with Gasteiger partial charge in [-0.15, -0.1) is 0 Å². The molecule has 0 radical (unpaired) electrons. The molecular formula is C25H24N4O5S2. The van der Waals surface area contributed by atoms with Crippen LogP contribution in [0.5, 0.6) is 0 Å². The van der Waals surface area contributed by atoms with Crippen molar-refractivity contribution >= 4 is 39.3 Å².